The summed E-state index contributed by atoms with van der Waals surface area (Å²) in [6.07, 6.45) is 11.6. The SMILES string of the molecule is C#CCC(C=O)CC#C.CCOC(C)OCC. The predicted octanol–water partition coefficient (Wildman–Crippen LogP) is 2.25. The molecule has 0 fully saturated rings. The fraction of sp³-hybridized carbons (Fsp3) is 0.643. The van der Waals surface area contributed by atoms with E-state index in [1.165, 1.54) is 0 Å². The van der Waals surface area contributed by atoms with E-state index in [2.05, 4.69) is 11.8 Å². The summed E-state index contributed by atoms with van der Waals surface area (Å²) in [5.41, 5.74) is 0. The standard InChI is InChI=1S/C8H8O.C6H14O2/c1-3-5-8(7-9)6-4-2;1-4-7-6(3)8-5-2/h1-2,7-8H,5-6H2;6H,4-5H2,1-3H3. The van der Waals surface area contributed by atoms with Crippen molar-refractivity contribution in [2.45, 2.75) is 39.9 Å². The molecule has 0 unspecified atom stereocenters. The Morgan fingerprint density at radius 1 is 1.12 bits per heavy atom. The van der Waals surface area contributed by atoms with Crippen LogP contribution in [0.4, 0.5) is 0 Å². The maximum atomic E-state index is 10.1. The third-order valence-corrected chi connectivity index (χ3v) is 1.76. The zero-order valence-corrected chi connectivity index (χ0v) is 10.9. The number of rotatable bonds is 7. The van der Waals surface area contributed by atoms with Crippen LogP contribution in [0.25, 0.3) is 0 Å². The van der Waals surface area contributed by atoms with Gasteiger partial charge in [0.2, 0.25) is 0 Å². The van der Waals surface area contributed by atoms with Crippen molar-refractivity contribution >= 4 is 6.29 Å². The van der Waals surface area contributed by atoms with E-state index in [1.54, 1.807) is 0 Å². The van der Waals surface area contributed by atoms with Crippen LogP contribution in [0.2, 0.25) is 0 Å². The summed E-state index contributed by atoms with van der Waals surface area (Å²) in [6, 6.07) is 0. The van der Waals surface area contributed by atoms with Crippen LogP contribution in [0, 0.1) is 30.6 Å². The van der Waals surface area contributed by atoms with Crippen LogP contribution in [0.5, 0.6) is 0 Å². The van der Waals surface area contributed by atoms with E-state index in [4.69, 9.17) is 22.3 Å². The van der Waals surface area contributed by atoms with Crippen molar-refractivity contribution in [2.24, 2.45) is 5.92 Å². The summed E-state index contributed by atoms with van der Waals surface area (Å²) in [7, 11) is 0. The van der Waals surface area contributed by atoms with Gasteiger partial charge in [-0.05, 0) is 20.8 Å². The van der Waals surface area contributed by atoms with Crippen LogP contribution in [-0.2, 0) is 14.3 Å². The lowest BCUT2D eigenvalue weighted by atomic mass is 10.1. The molecule has 3 heteroatoms. The average Bonchev–Trinajstić information content (AvgIpc) is 2.30. The second-order valence-corrected chi connectivity index (χ2v) is 3.19. The van der Waals surface area contributed by atoms with E-state index in [0.717, 1.165) is 19.5 Å². The maximum absolute atomic E-state index is 10.1. The van der Waals surface area contributed by atoms with E-state index in [-0.39, 0.29) is 12.2 Å². The molecule has 0 aromatic carbocycles. The molecule has 0 saturated carbocycles. The van der Waals surface area contributed by atoms with Crippen LogP contribution < -0.4 is 0 Å². The highest BCUT2D eigenvalue weighted by Gasteiger charge is 2.00. The highest BCUT2D eigenvalue weighted by Crippen LogP contribution is 2.01. The Morgan fingerprint density at radius 2 is 1.53 bits per heavy atom. The molecular weight excluding hydrogens is 216 g/mol. The molecule has 0 aromatic rings. The number of aldehydes is 1. The Balaban J connectivity index is 0. The van der Waals surface area contributed by atoms with Gasteiger partial charge >= 0.3 is 0 Å². The molecule has 0 bridgehead atoms. The van der Waals surface area contributed by atoms with Crippen molar-refractivity contribution < 1.29 is 14.3 Å². The first kappa shape index (κ1) is 18.1. The average molecular weight is 238 g/mol. The minimum absolute atomic E-state index is 0.0370. The number of terminal acetylenes is 2. The van der Waals surface area contributed by atoms with Crippen LogP contribution in [-0.4, -0.2) is 25.8 Å². The summed E-state index contributed by atoms with van der Waals surface area (Å²) in [5, 5.41) is 0. The molecule has 0 amide bonds. The second kappa shape index (κ2) is 14.7. The molecule has 0 radical (unpaired) electrons. The van der Waals surface area contributed by atoms with E-state index >= 15 is 0 Å². The molecule has 0 aromatic heterocycles. The minimum atomic E-state index is -0.139. The van der Waals surface area contributed by atoms with Crippen molar-refractivity contribution in [3.63, 3.8) is 0 Å². The second-order valence-electron chi connectivity index (χ2n) is 3.19. The van der Waals surface area contributed by atoms with Gasteiger partial charge in [0.15, 0.2) is 6.29 Å². The van der Waals surface area contributed by atoms with Crippen molar-refractivity contribution in [1.82, 2.24) is 0 Å². The fourth-order valence-corrected chi connectivity index (χ4v) is 0.989. The van der Waals surface area contributed by atoms with Crippen molar-refractivity contribution in [1.29, 1.82) is 0 Å². The van der Waals surface area contributed by atoms with Crippen molar-refractivity contribution in [3.8, 4) is 24.7 Å². The number of hydrogen-bond donors (Lipinski definition) is 0. The van der Waals surface area contributed by atoms with Crippen molar-refractivity contribution in [2.75, 3.05) is 13.2 Å². The van der Waals surface area contributed by atoms with Gasteiger partial charge in [-0.25, -0.2) is 0 Å². The summed E-state index contributed by atoms with van der Waals surface area (Å²) in [6.45, 7) is 7.25. The highest BCUT2D eigenvalue weighted by molar-refractivity contribution is 5.54. The Labute approximate surface area is 105 Å². The van der Waals surface area contributed by atoms with Crippen LogP contribution in [0.3, 0.4) is 0 Å². The molecule has 0 atom stereocenters. The van der Waals surface area contributed by atoms with Gasteiger partial charge in [0.25, 0.3) is 0 Å². The molecule has 0 heterocycles. The van der Waals surface area contributed by atoms with Crippen LogP contribution in [0.15, 0.2) is 0 Å². The molecule has 0 aliphatic rings. The van der Waals surface area contributed by atoms with Gasteiger partial charge in [-0.1, -0.05) is 0 Å². The lowest BCUT2D eigenvalue weighted by Gasteiger charge is -2.09. The number of carbonyl (C=O) groups is 1. The number of ether oxygens (including phenoxy) is 2. The summed E-state index contributed by atoms with van der Waals surface area (Å²) in [4.78, 5) is 10.1. The first-order valence-electron chi connectivity index (χ1n) is 5.71. The molecule has 17 heavy (non-hydrogen) atoms. The quantitative estimate of drug-likeness (QED) is 0.388. The first-order chi connectivity index (χ1) is 8.15. The normalized spacial score (nSPS) is 9.12. The number of hydrogen-bond acceptors (Lipinski definition) is 3. The molecule has 3 nitrogen and oxygen atoms in total. The van der Waals surface area contributed by atoms with Crippen LogP contribution >= 0.6 is 0 Å². The Kier molecular flexibility index (Phi) is 15.6. The molecular formula is C14H22O3. The zero-order chi connectivity index (χ0) is 13.5. The van der Waals surface area contributed by atoms with E-state index in [0.29, 0.717) is 12.8 Å². The van der Waals surface area contributed by atoms with Gasteiger partial charge in [-0.3, -0.25) is 0 Å². The Hall–Kier alpha value is -1.29. The fourth-order valence-electron chi connectivity index (χ4n) is 0.989. The van der Waals surface area contributed by atoms with Gasteiger partial charge in [-0.15, -0.1) is 24.7 Å². The van der Waals surface area contributed by atoms with Crippen LogP contribution in [0.1, 0.15) is 33.6 Å². The van der Waals surface area contributed by atoms with Gasteiger partial charge in [0, 0.05) is 32.0 Å². The van der Waals surface area contributed by atoms with Crippen molar-refractivity contribution in [3.05, 3.63) is 0 Å². The predicted molar refractivity (Wildman–Crippen MR) is 69.2 cm³/mol. The molecule has 0 aliphatic carbocycles. The minimum Gasteiger partial charge on any atom is -0.353 e. The summed E-state index contributed by atoms with van der Waals surface area (Å²) >= 11 is 0. The lowest BCUT2D eigenvalue weighted by molar-refractivity contribution is -0.123. The molecule has 0 spiro atoms. The molecule has 96 valence electrons. The van der Waals surface area contributed by atoms with Gasteiger partial charge in [-0.2, -0.15) is 0 Å². The van der Waals surface area contributed by atoms with Gasteiger partial charge in [0.1, 0.15) is 6.29 Å². The summed E-state index contributed by atoms with van der Waals surface area (Å²) in [5.74, 6) is 4.61. The summed E-state index contributed by atoms with van der Waals surface area (Å²) < 4.78 is 10.1. The van der Waals surface area contributed by atoms with E-state index in [1.807, 2.05) is 20.8 Å². The molecule has 0 aliphatic heterocycles. The molecule has 0 N–H and O–H groups in total. The third-order valence-electron chi connectivity index (χ3n) is 1.76. The van der Waals surface area contributed by atoms with E-state index < -0.39 is 0 Å². The Morgan fingerprint density at radius 3 is 1.76 bits per heavy atom. The topological polar surface area (TPSA) is 35.5 Å². The first-order valence-corrected chi connectivity index (χ1v) is 5.71. The zero-order valence-electron chi connectivity index (χ0n) is 10.9. The monoisotopic (exact) mass is 238 g/mol. The molecule has 0 saturated heterocycles. The largest absolute Gasteiger partial charge is 0.353 e. The maximum Gasteiger partial charge on any atom is 0.154 e. The highest BCUT2D eigenvalue weighted by atomic mass is 16.7. The third kappa shape index (κ3) is 14.7. The Bertz CT molecular complexity index is 225. The molecule has 0 rings (SSSR count). The van der Waals surface area contributed by atoms with Gasteiger partial charge < -0.3 is 14.3 Å². The van der Waals surface area contributed by atoms with Gasteiger partial charge in [0.05, 0.1) is 0 Å². The smallest absolute Gasteiger partial charge is 0.154 e. The number of carbonyl (C=O) groups excluding carboxylic acids is 1. The lowest BCUT2D eigenvalue weighted by Crippen LogP contribution is -2.11. The van der Waals surface area contributed by atoms with E-state index in [9.17, 15) is 4.79 Å².